The summed E-state index contributed by atoms with van der Waals surface area (Å²) in [4.78, 5) is 36.9. The molecule has 1 aromatic heterocycles. The minimum Gasteiger partial charge on any atom is -0.393 e. The van der Waals surface area contributed by atoms with Crippen LogP contribution in [-0.4, -0.2) is 38.5 Å². The summed E-state index contributed by atoms with van der Waals surface area (Å²) >= 11 is 4.72. The Morgan fingerprint density at radius 3 is 2.68 bits per heavy atom. The number of thiocarbonyl (C=S) groups is 1. The number of aryl methyl sites for hydroxylation is 1. The molecule has 0 radical (unpaired) electrons. The number of hydrogen-bond acceptors (Lipinski definition) is 4. The molecule has 1 rings (SSSR count). The van der Waals surface area contributed by atoms with E-state index in [1.54, 1.807) is 7.05 Å². The predicted octanol–water partition coefficient (Wildman–Crippen LogP) is -1.32. The van der Waals surface area contributed by atoms with Crippen molar-refractivity contribution in [2.45, 2.75) is 13.0 Å². The summed E-state index contributed by atoms with van der Waals surface area (Å²) in [6.45, 7) is 0.0657. The molecule has 2 N–H and O–H groups in total. The van der Waals surface area contributed by atoms with E-state index in [1.807, 2.05) is 0 Å². The number of carbonyl (C=O) groups excluding carboxylic acids is 1. The van der Waals surface area contributed by atoms with Crippen molar-refractivity contribution in [2.24, 2.45) is 12.8 Å². The molecule has 0 spiro atoms. The Morgan fingerprint density at radius 1 is 1.47 bits per heavy atom. The van der Waals surface area contributed by atoms with E-state index in [0.717, 1.165) is 4.57 Å². The highest BCUT2D eigenvalue weighted by molar-refractivity contribution is 7.80. The number of likely N-dealkylation sites (N-methyl/N-ethyl adjacent to an activating group) is 1. The van der Waals surface area contributed by atoms with E-state index >= 15 is 0 Å². The van der Waals surface area contributed by atoms with Gasteiger partial charge in [0.1, 0.15) is 6.54 Å². The highest BCUT2D eigenvalue weighted by atomic mass is 32.1. The molecule has 7 nitrogen and oxygen atoms in total. The molecular weight excluding hydrogens is 268 g/mol. The van der Waals surface area contributed by atoms with Gasteiger partial charge in [-0.2, -0.15) is 0 Å². The maximum absolute atomic E-state index is 11.9. The summed E-state index contributed by atoms with van der Waals surface area (Å²) < 4.78 is 2.13. The van der Waals surface area contributed by atoms with Crippen LogP contribution in [0.15, 0.2) is 21.9 Å². The summed E-state index contributed by atoms with van der Waals surface area (Å²) in [5.74, 6) is -0.346. The third-order valence-corrected chi connectivity index (χ3v) is 2.86. The topological polar surface area (TPSA) is 90.3 Å². The van der Waals surface area contributed by atoms with Gasteiger partial charge in [-0.1, -0.05) is 12.2 Å². The molecule has 0 unspecified atom stereocenters. The number of hydrogen-bond donors (Lipinski definition) is 1. The first-order valence-electron chi connectivity index (χ1n) is 5.61. The quantitative estimate of drug-likeness (QED) is 0.677. The number of aromatic nitrogens is 2. The molecule has 1 amide bonds. The summed E-state index contributed by atoms with van der Waals surface area (Å²) in [7, 11) is 3.08. The normalized spacial score (nSPS) is 10.2. The SMILES string of the molecule is CN(CCC(N)=S)C(=O)Cn1c(=O)ccn(C)c1=O. The molecule has 0 aromatic carbocycles. The van der Waals surface area contributed by atoms with Crippen LogP contribution in [0, 0.1) is 0 Å². The number of carbonyl (C=O) groups is 1. The van der Waals surface area contributed by atoms with Crippen LogP contribution >= 0.6 is 12.2 Å². The highest BCUT2D eigenvalue weighted by Gasteiger charge is 2.12. The third-order valence-electron chi connectivity index (χ3n) is 2.65. The van der Waals surface area contributed by atoms with Gasteiger partial charge < -0.3 is 15.2 Å². The first-order valence-corrected chi connectivity index (χ1v) is 6.02. The van der Waals surface area contributed by atoms with Crippen LogP contribution in [0.1, 0.15) is 6.42 Å². The van der Waals surface area contributed by atoms with Gasteiger partial charge in [0, 0.05) is 39.3 Å². The average Bonchev–Trinajstić information content (AvgIpc) is 2.36. The Labute approximate surface area is 115 Å². The van der Waals surface area contributed by atoms with Crippen LogP contribution in [0.5, 0.6) is 0 Å². The maximum atomic E-state index is 11.9. The first-order chi connectivity index (χ1) is 8.82. The molecule has 0 aliphatic carbocycles. The van der Waals surface area contributed by atoms with E-state index in [4.69, 9.17) is 18.0 Å². The van der Waals surface area contributed by atoms with Crippen LogP contribution in [0.3, 0.4) is 0 Å². The van der Waals surface area contributed by atoms with E-state index in [0.29, 0.717) is 18.0 Å². The lowest BCUT2D eigenvalue weighted by Gasteiger charge is -2.17. The van der Waals surface area contributed by atoms with Crippen LogP contribution in [0.2, 0.25) is 0 Å². The molecule has 0 aliphatic rings. The van der Waals surface area contributed by atoms with Crippen LogP contribution < -0.4 is 17.0 Å². The molecule has 0 fully saturated rings. The van der Waals surface area contributed by atoms with E-state index in [9.17, 15) is 14.4 Å². The van der Waals surface area contributed by atoms with Crippen molar-refractivity contribution in [1.82, 2.24) is 14.0 Å². The fourth-order valence-electron chi connectivity index (χ4n) is 1.42. The van der Waals surface area contributed by atoms with Crippen LogP contribution in [0.4, 0.5) is 0 Å². The zero-order chi connectivity index (χ0) is 14.6. The first kappa shape index (κ1) is 15.1. The van der Waals surface area contributed by atoms with Crippen molar-refractivity contribution in [3.05, 3.63) is 33.1 Å². The Hall–Kier alpha value is -1.96. The summed E-state index contributed by atoms with van der Waals surface area (Å²) in [6, 6.07) is 1.24. The number of rotatable bonds is 5. The largest absolute Gasteiger partial charge is 0.393 e. The highest BCUT2D eigenvalue weighted by Crippen LogP contribution is 1.91. The van der Waals surface area contributed by atoms with E-state index in [-0.39, 0.29) is 12.5 Å². The Kier molecular flexibility index (Phi) is 4.99. The van der Waals surface area contributed by atoms with E-state index < -0.39 is 11.2 Å². The minimum absolute atomic E-state index is 0.291. The molecule has 1 heterocycles. The smallest absolute Gasteiger partial charge is 0.331 e. The second-order valence-electron chi connectivity index (χ2n) is 4.17. The molecule has 0 aliphatic heterocycles. The lowest BCUT2D eigenvalue weighted by Crippen LogP contribution is -2.43. The van der Waals surface area contributed by atoms with Crippen molar-refractivity contribution >= 4 is 23.1 Å². The van der Waals surface area contributed by atoms with Crippen molar-refractivity contribution in [2.75, 3.05) is 13.6 Å². The van der Waals surface area contributed by atoms with Crippen molar-refractivity contribution < 1.29 is 4.79 Å². The Balaban J connectivity index is 2.83. The van der Waals surface area contributed by atoms with Crippen molar-refractivity contribution in [3.63, 3.8) is 0 Å². The van der Waals surface area contributed by atoms with Crippen LogP contribution in [0.25, 0.3) is 0 Å². The van der Waals surface area contributed by atoms with Gasteiger partial charge in [-0.25, -0.2) is 4.79 Å². The van der Waals surface area contributed by atoms with Crippen LogP contribution in [-0.2, 0) is 18.4 Å². The summed E-state index contributed by atoms with van der Waals surface area (Å²) in [5.41, 5.74) is 4.32. The molecule has 8 heteroatoms. The molecule has 0 atom stereocenters. The Bertz CT molecular complexity index is 605. The van der Waals surface area contributed by atoms with Gasteiger partial charge in [0.25, 0.3) is 5.56 Å². The lowest BCUT2D eigenvalue weighted by atomic mass is 10.4. The molecule has 0 saturated carbocycles. The minimum atomic E-state index is -0.524. The molecule has 104 valence electrons. The number of nitrogens with zero attached hydrogens (tertiary/aromatic N) is 3. The fourth-order valence-corrected chi connectivity index (χ4v) is 1.51. The van der Waals surface area contributed by atoms with Crippen molar-refractivity contribution in [1.29, 1.82) is 0 Å². The Morgan fingerprint density at radius 2 is 2.11 bits per heavy atom. The van der Waals surface area contributed by atoms with Gasteiger partial charge in [0.2, 0.25) is 5.91 Å². The lowest BCUT2D eigenvalue weighted by molar-refractivity contribution is -0.130. The standard InChI is InChI=1S/C11H16N4O3S/c1-13(5-3-8(12)19)10(17)7-15-9(16)4-6-14(2)11(15)18/h4,6H,3,5,7H2,1-2H3,(H2,12,19). The van der Waals surface area contributed by atoms with Gasteiger partial charge in [-0.05, 0) is 0 Å². The summed E-state index contributed by atoms with van der Waals surface area (Å²) in [5, 5.41) is 0. The monoisotopic (exact) mass is 284 g/mol. The van der Waals surface area contributed by atoms with Gasteiger partial charge in [0.05, 0.1) is 4.99 Å². The maximum Gasteiger partial charge on any atom is 0.331 e. The van der Waals surface area contributed by atoms with Gasteiger partial charge in [0.15, 0.2) is 0 Å². The molecule has 19 heavy (non-hydrogen) atoms. The fraction of sp³-hybridized carbons (Fsp3) is 0.455. The summed E-state index contributed by atoms with van der Waals surface area (Å²) in [6.07, 6.45) is 1.77. The zero-order valence-corrected chi connectivity index (χ0v) is 11.6. The molecular formula is C11H16N4O3S. The molecule has 0 bridgehead atoms. The third kappa shape index (κ3) is 4.02. The van der Waals surface area contributed by atoms with Crippen molar-refractivity contribution in [3.8, 4) is 0 Å². The second kappa shape index (κ2) is 6.28. The predicted molar refractivity (Wildman–Crippen MR) is 75.0 cm³/mol. The second-order valence-corrected chi connectivity index (χ2v) is 4.69. The molecule has 0 saturated heterocycles. The van der Waals surface area contributed by atoms with E-state index in [1.165, 1.54) is 28.8 Å². The van der Waals surface area contributed by atoms with E-state index in [2.05, 4.69) is 0 Å². The molecule has 1 aromatic rings. The van der Waals surface area contributed by atoms with Gasteiger partial charge in [-0.15, -0.1) is 0 Å². The zero-order valence-electron chi connectivity index (χ0n) is 10.8. The van der Waals surface area contributed by atoms with Gasteiger partial charge >= 0.3 is 5.69 Å². The van der Waals surface area contributed by atoms with Gasteiger partial charge in [-0.3, -0.25) is 14.2 Å². The number of nitrogens with two attached hydrogens (primary N) is 1. The number of amides is 1. The average molecular weight is 284 g/mol.